The van der Waals surface area contributed by atoms with Gasteiger partial charge >= 0.3 is 4.71 Å². The number of thioether (sulfide) groups is 1. The summed E-state index contributed by atoms with van der Waals surface area (Å²) in [5.74, 6) is 0. The highest BCUT2D eigenvalue weighted by Crippen LogP contribution is 2.40. The van der Waals surface area contributed by atoms with Gasteiger partial charge in [0.15, 0.2) is 0 Å². The number of halogens is 5. The van der Waals surface area contributed by atoms with Crippen molar-refractivity contribution in [1.82, 2.24) is 4.98 Å². The van der Waals surface area contributed by atoms with Gasteiger partial charge in [0.05, 0.1) is 8.73 Å². The minimum absolute atomic E-state index is 0.312. The maximum Gasteiger partial charge on any atom is 0.377 e. The second kappa shape index (κ2) is 4.18. The first-order valence-corrected chi connectivity index (χ1v) is 6.03. The van der Waals surface area contributed by atoms with Gasteiger partial charge in [0.25, 0.3) is 0 Å². The highest BCUT2D eigenvalue weighted by Gasteiger charge is 2.28. The normalized spacial score (nSPS) is 12.1. The number of alkyl halides is 3. The van der Waals surface area contributed by atoms with Crippen LogP contribution < -0.4 is 0 Å². The highest BCUT2D eigenvalue weighted by molar-refractivity contribution is 14.1. The van der Waals surface area contributed by atoms with Gasteiger partial charge in [-0.2, -0.15) is 8.78 Å². The maximum atomic E-state index is 12.3. The van der Waals surface area contributed by atoms with Crippen LogP contribution >= 0.6 is 68.5 Å². The molecule has 0 bridgehead atoms. The molecule has 0 unspecified atom stereocenters. The standard InChI is InChI=1S/C5H2ClF2I2NS/c6-5(7,8)12-4-2(9)1-3(10)11-4/h1,11H. The molecule has 1 heterocycles. The molecule has 12 heavy (non-hydrogen) atoms. The van der Waals surface area contributed by atoms with Crippen molar-refractivity contribution in [3.05, 3.63) is 13.3 Å². The Labute approximate surface area is 104 Å². The van der Waals surface area contributed by atoms with E-state index in [0.29, 0.717) is 16.8 Å². The third kappa shape index (κ3) is 3.54. The maximum absolute atomic E-state index is 12.3. The van der Waals surface area contributed by atoms with Crippen molar-refractivity contribution in [3.8, 4) is 0 Å². The lowest BCUT2D eigenvalue weighted by Gasteiger charge is -2.04. The molecule has 1 rings (SSSR count). The van der Waals surface area contributed by atoms with Crippen LogP contribution in [0.5, 0.6) is 0 Å². The fourth-order valence-corrected chi connectivity index (χ4v) is 3.49. The van der Waals surface area contributed by atoms with Gasteiger partial charge in [0, 0.05) is 3.57 Å². The molecule has 0 saturated carbocycles. The first-order chi connectivity index (χ1) is 5.38. The van der Waals surface area contributed by atoms with Crippen LogP contribution in [0.3, 0.4) is 0 Å². The smallest absolute Gasteiger partial charge is 0.344 e. The van der Waals surface area contributed by atoms with E-state index >= 15 is 0 Å². The van der Waals surface area contributed by atoms with E-state index in [2.05, 4.69) is 4.98 Å². The summed E-state index contributed by atoms with van der Waals surface area (Å²) in [5.41, 5.74) is 0. The number of H-pyrrole nitrogens is 1. The van der Waals surface area contributed by atoms with E-state index in [1.807, 2.05) is 45.2 Å². The molecular weight excluding hydrogens is 433 g/mol. The quantitative estimate of drug-likeness (QED) is 0.420. The predicted octanol–water partition coefficient (Wildman–Crippen LogP) is 4.11. The fraction of sp³-hybridized carbons (Fsp3) is 0.200. The zero-order valence-corrected chi connectivity index (χ0v) is 11.3. The minimum Gasteiger partial charge on any atom is -0.344 e. The van der Waals surface area contributed by atoms with Crippen molar-refractivity contribution in [2.24, 2.45) is 0 Å². The second-order valence-corrected chi connectivity index (χ2v) is 5.99. The lowest BCUT2D eigenvalue weighted by Crippen LogP contribution is -1.97. The Kier molecular flexibility index (Phi) is 3.94. The van der Waals surface area contributed by atoms with Crippen molar-refractivity contribution < 1.29 is 8.78 Å². The predicted molar refractivity (Wildman–Crippen MR) is 62.9 cm³/mol. The molecule has 1 nitrogen and oxygen atoms in total. The Bertz CT molecular complexity index is 285. The summed E-state index contributed by atoms with van der Waals surface area (Å²) in [6, 6.07) is 1.77. The van der Waals surface area contributed by atoms with Crippen LogP contribution in [0.15, 0.2) is 11.1 Å². The van der Waals surface area contributed by atoms with Crippen LogP contribution in [0.2, 0.25) is 0 Å². The van der Waals surface area contributed by atoms with Crippen molar-refractivity contribution >= 4 is 68.5 Å². The van der Waals surface area contributed by atoms with Gasteiger partial charge in [0.1, 0.15) is 0 Å². The number of hydrogen-bond acceptors (Lipinski definition) is 1. The van der Waals surface area contributed by atoms with Crippen LogP contribution in [0.1, 0.15) is 0 Å². The summed E-state index contributed by atoms with van der Waals surface area (Å²) < 4.78 is 22.9. The van der Waals surface area contributed by atoms with Gasteiger partial charge in [-0.25, -0.2) is 0 Å². The van der Waals surface area contributed by atoms with Crippen LogP contribution in [0.4, 0.5) is 8.78 Å². The fourth-order valence-electron chi connectivity index (χ4n) is 0.571. The van der Waals surface area contributed by atoms with E-state index in [9.17, 15) is 8.78 Å². The topological polar surface area (TPSA) is 15.8 Å². The lowest BCUT2D eigenvalue weighted by molar-refractivity contribution is 0.203. The first-order valence-electron chi connectivity index (χ1n) is 2.68. The lowest BCUT2D eigenvalue weighted by atomic mass is 10.7. The van der Waals surface area contributed by atoms with Crippen LogP contribution in [0.25, 0.3) is 0 Å². The van der Waals surface area contributed by atoms with Gasteiger partial charge in [-0.3, -0.25) is 0 Å². The van der Waals surface area contributed by atoms with Crippen molar-refractivity contribution in [3.63, 3.8) is 0 Å². The number of rotatable bonds is 2. The number of nitrogens with one attached hydrogen (secondary N) is 1. The summed E-state index contributed by atoms with van der Waals surface area (Å²) >= 11 is 9.05. The Morgan fingerprint density at radius 3 is 2.42 bits per heavy atom. The van der Waals surface area contributed by atoms with Crippen LogP contribution in [0, 0.1) is 7.27 Å². The Balaban J connectivity index is 2.82. The molecule has 0 aliphatic carbocycles. The monoisotopic (exact) mass is 435 g/mol. The molecule has 7 heteroatoms. The van der Waals surface area contributed by atoms with Crippen molar-refractivity contribution in [2.45, 2.75) is 9.74 Å². The summed E-state index contributed by atoms with van der Waals surface area (Å²) in [5, 5.41) is 0.403. The summed E-state index contributed by atoms with van der Waals surface area (Å²) in [7, 11) is 0. The zero-order valence-electron chi connectivity index (χ0n) is 5.38. The molecule has 1 aromatic rings. The third-order valence-corrected chi connectivity index (χ3v) is 3.71. The van der Waals surface area contributed by atoms with Gasteiger partial charge in [-0.1, -0.05) is 0 Å². The van der Waals surface area contributed by atoms with Crippen LogP contribution in [-0.2, 0) is 0 Å². The van der Waals surface area contributed by atoms with Gasteiger partial charge in [-0.05, 0) is 74.6 Å². The van der Waals surface area contributed by atoms with E-state index in [1.54, 1.807) is 6.07 Å². The number of aromatic amines is 1. The molecule has 0 spiro atoms. The molecule has 0 saturated heterocycles. The zero-order chi connectivity index (χ0) is 9.35. The number of hydrogen-bond donors (Lipinski definition) is 1. The largest absolute Gasteiger partial charge is 0.377 e. The Hall–Kier alpha value is 1.24. The van der Waals surface area contributed by atoms with Crippen molar-refractivity contribution in [2.75, 3.05) is 0 Å². The van der Waals surface area contributed by atoms with Crippen molar-refractivity contribution in [1.29, 1.82) is 0 Å². The van der Waals surface area contributed by atoms with Crippen LogP contribution in [-0.4, -0.2) is 9.70 Å². The van der Waals surface area contributed by atoms with E-state index in [0.717, 1.165) is 7.27 Å². The molecule has 1 N–H and O–H groups in total. The van der Waals surface area contributed by atoms with E-state index in [1.165, 1.54) is 0 Å². The highest BCUT2D eigenvalue weighted by atomic mass is 127. The molecule has 0 fully saturated rings. The van der Waals surface area contributed by atoms with E-state index in [4.69, 9.17) is 11.6 Å². The Morgan fingerprint density at radius 2 is 2.08 bits per heavy atom. The minimum atomic E-state index is -3.24. The van der Waals surface area contributed by atoms with E-state index in [-0.39, 0.29) is 0 Å². The number of aromatic nitrogens is 1. The molecule has 1 aromatic heterocycles. The molecule has 0 aliphatic heterocycles. The Morgan fingerprint density at radius 1 is 1.50 bits per heavy atom. The molecule has 0 atom stereocenters. The molecule has 0 aromatic carbocycles. The average Bonchev–Trinajstić information content (AvgIpc) is 2.06. The first kappa shape index (κ1) is 11.3. The third-order valence-electron chi connectivity index (χ3n) is 0.921. The molecular formula is C5H2ClF2I2NS. The summed E-state index contributed by atoms with van der Waals surface area (Å²) in [6.45, 7) is 0. The molecule has 0 amide bonds. The molecule has 0 aliphatic rings. The van der Waals surface area contributed by atoms with Gasteiger partial charge in [0.2, 0.25) is 0 Å². The summed E-state index contributed by atoms with van der Waals surface area (Å²) in [6.07, 6.45) is 0. The average molecular weight is 435 g/mol. The molecule has 68 valence electrons. The van der Waals surface area contributed by atoms with Gasteiger partial charge in [-0.15, -0.1) is 0 Å². The second-order valence-electron chi connectivity index (χ2n) is 1.84. The molecule has 0 radical (unpaired) electrons. The van der Waals surface area contributed by atoms with Gasteiger partial charge < -0.3 is 4.98 Å². The SMILES string of the molecule is FC(F)(Cl)Sc1[nH]c(I)cc1I. The van der Waals surface area contributed by atoms with E-state index < -0.39 is 4.71 Å². The summed E-state index contributed by atoms with van der Waals surface area (Å²) in [4.78, 5) is 2.78.